The Kier molecular flexibility index (Phi) is 12.4. The number of guanidine groups is 1. The number of nitrogens with zero attached hydrogens (tertiary/aromatic N) is 2. The van der Waals surface area contributed by atoms with Crippen LogP contribution in [-0.4, -0.2) is 64.5 Å². The van der Waals surface area contributed by atoms with E-state index >= 15 is 0 Å². The van der Waals surface area contributed by atoms with Crippen LogP contribution in [0.2, 0.25) is 0 Å². The summed E-state index contributed by atoms with van der Waals surface area (Å²) in [7, 11) is 3.54. The molecule has 1 N–H and O–H groups in total. The topological polar surface area (TPSA) is 46.1 Å². The van der Waals surface area contributed by atoms with Gasteiger partial charge in [-0.3, -0.25) is 4.99 Å². The van der Waals surface area contributed by atoms with E-state index in [1.54, 1.807) is 7.11 Å². The smallest absolute Gasteiger partial charge is 0.193 e. The molecule has 1 saturated heterocycles. The molecule has 126 valence electrons. The molecule has 1 aliphatic heterocycles. The molecule has 0 spiro atoms. The van der Waals surface area contributed by atoms with Gasteiger partial charge < -0.3 is 19.7 Å². The molecule has 1 heterocycles. The average Bonchev–Trinajstić information content (AvgIpc) is 2.85. The maximum atomic E-state index is 5.44. The number of nitrogens with one attached hydrogen (secondary N) is 1. The average molecular weight is 413 g/mol. The number of halogens is 1. The Morgan fingerprint density at radius 2 is 2.10 bits per heavy atom. The largest absolute Gasteiger partial charge is 0.382 e. The van der Waals surface area contributed by atoms with Gasteiger partial charge in [-0.1, -0.05) is 13.8 Å². The Morgan fingerprint density at radius 3 is 2.71 bits per heavy atom. The standard InChI is InChI=1S/C15H31N3O2.HI/c1-13(2)11-14-5-7-18(12-14)15(16-3)17-6-8-20-10-9-19-4;/h13-14H,5-12H2,1-4H3,(H,16,17);1H. The molecule has 0 saturated carbocycles. The van der Waals surface area contributed by atoms with Crippen molar-refractivity contribution in [3.05, 3.63) is 0 Å². The van der Waals surface area contributed by atoms with Crippen molar-refractivity contribution < 1.29 is 9.47 Å². The van der Waals surface area contributed by atoms with E-state index in [4.69, 9.17) is 9.47 Å². The first-order valence-electron chi connectivity index (χ1n) is 7.69. The van der Waals surface area contributed by atoms with E-state index < -0.39 is 0 Å². The first-order chi connectivity index (χ1) is 9.67. The van der Waals surface area contributed by atoms with Crippen LogP contribution in [0.1, 0.15) is 26.7 Å². The molecule has 0 aromatic heterocycles. The highest BCUT2D eigenvalue weighted by Crippen LogP contribution is 2.23. The minimum Gasteiger partial charge on any atom is -0.382 e. The van der Waals surface area contributed by atoms with E-state index in [9.17, 15) is 0 Å². The molecule has 0 radical (unpaired) electrons. The number of likely N-dealkylation sites (tertiary alicyclic amines) is 1. The van der Waals surface area contributed by atoms with Crippen molar-refractivity contribution in [2.75, 3.05) is 53.6 Å². The number of rotatable bonds is 8. The Bertz CT molecular complexity index is 288. The van der Waals surface area contributed by atoms with Crippen LogP contribution in [0.25, 0.3) is 0 Å². The van der Waals surface area contributed by atoms with Gasteiger partial charge in [-0.15, -0.1) is 24.0 Å². The lowest BCUT2D eigenvalue weighted by Gasteiger charge is -2.22. The lowest BCUT2D eigenvalue weighted by atomic mass is 9.97. The van der Waals surface area contributed by atoms with Gasteiger partial charge in [0.1, 0.15) is 0 Å². The fourth-order valence-electron chi connectivity index (χ4n) is 2.70. The van der Waals surface area contributed by atoms with Crippen LogP contribution in [0.5, 0.6) is 0 Å². The summed E-state index contributed by atoms with van der Waals surface area (Å²) in [5.74, 6) is 2.60. The Hall–Kier alpha value is -0.0800. The SMILES string of the molecule is CN=C(NCCOCCOC)N1CCC(CC(C)C)C1.I. The van der Waals surface area contributed by atoms with Crippen molar-refractivity contribution >= 4 is 29.9 Å². The molecule has 5 nitrogen and oxygen atoms in total. The Labute approximate surface area is 146 Å². The van der Waals surface area contributed by atoms with Crippen molar-refractivity contribution in [1.82, 2.24) is 10.2 Å². The van der Waals surface area contributed by atoms with Crippen LogP contribution in [0, 0.1) is 11.8 Å². The van der Waals surface area contributed by atoms with Gasteiger partial charge in [0.15, 0.2) is 5.96 Å². The van der Waals surface area contributed by atoms with Crippen LogP contribution in [-0.2, 0) is 9.47 Å². The van der Waals surface area contributed by atoms with Crippen LogP contribution in [0.3, 0.4) is 0 Å². The van der Waals surface area contributed by atoms with Crippen LogP contribution >= 0.6 is 24.0 Å². The zero-order chi connectivity index (χ0) is 14.8. The predicted molar refractivity (Wildman–Crippen MR) is 98.6 cm³/mol. The van der Waals surface area contributed by atoms with Gasteiger partial charge in [0, 0.05) is 33.8 Å². The second-order valence-electron chi connectivity index (χ2n) is 5.81. The zero-order valence-electron chi connectivity index (χ0n) is 13.9. The van der Waals surface area contributed by atoms with Crippen molar-refractivity contribution in [2.45, 2.75) is 26.7 Å². The van der Waals surface area contributed by atoms with Gasteiger partial charge in [-0.05, 0) is 24.7 Å². The third-order valence-corrected chi connectivity index (χ3v) is 3.56. The summed E-state index contributed by atoms with van der Waals surface area (Å²) in [6, 6.07) is 0. The Balaban J connectivity index is 0.00000400. The molecule has 1 rings (SSSR count). The maximum absolute atomic E-state index is 5.44. The second kappa shape index (κ2) is 12.5. The zero-order valence-corrected chi connectivity index (χ0v) is 16.3. The Morgan fingerprint density at radius 1 is 1.33 bits per heavy atom. The summed E-state index contributed by atoms with van der Waals surface area (Å²) in [5.41, 5.74) is 0. The van der Waals surface area contributed by atoms with Crippen LogP contribution < -0.4 is 5.32 Å². The fraction of sp³-hybridized carbons (Fsp3) is 0.933. The number of hydrogen-bond donors (Lipinski definition) is 1. The van der Waals surface area contributed by atoms with Gasteiger partial charge in [-0.25, -0.2) is 0 Å². The van der Waals surface area contributed by atoms with Gasteiger partial charge >= 0.3 is 0 Å². The minimum atomic E-state index is 0. The van der Waals surface area contributed by atoms with Gasteiger partial charge in [0.05, 0.1) is 19.8 Å². The lowest BCUT2D eigenvalue weighted by Crippen LogP contribution is -2.41. The van der Waals surface area contributed by atoms with Crippen molar-refractivity contribution in [3.8, 4) is 0 Å². The van der Waals surface area contributed by atoms with E-state index in [0.29, 0.717) is 19.8 Å². The highest BCUT2D eigenvalue weighted by molar-refractivity contribution is 14.0. The highest BCUT2D eigenvalue weighted by atomic mass is 127. The molecular weight excluding hydrogens is 381 g/mol. The number of hydrogen-bond acceptors (Lipinski definition) is 3. The number of ether oxygens (including phenoxy) is 2. The normalized spacial score (nSPS) is 19.0. The molecule has 1 fully saturated rings. The molecule has 21 heavy (non-hydrogen) atoms. The van der Waals surface area contributed by atoms with Crippen molar-refractivity contribution in [3.63, 3.8) is 0 Å². The van der Waals surface area contributed by atoms with Crippen molar-refractivity contribution in [2.24, 2.45) is 16.8 Å². The lowest BCUT2D eigenvalue weighted by molar-refractivity contribution is 0.0731. The summed E-state index contributed by atoms with van der Waals surface area (Å²) in [5, 5.41) is 3.37. The van der Waals surface area contributed by atoms with Crippen LogP contribution in [0.15, 0.2) is 4.99 Å². The van der Waals surface area contributed by atoms with Crippen molar-refractivity contribution in [1.29, 1.82) is 0 Å². The molecule has 1 atom stereocenters. The molecular formula is C15H32IN3O2. The second-order valence-corrected chi connectivity index (χ2v) is 5.81. The first-order valence-corrected chi connectivity index (χ1v) is 7.69. The van der Waals surface area contributed by atoms with Gasteiger partial charge in [0.25, 0.3) is 0 Å². The summed E-state index contributed by atoms with van der Waals surface area (Å²) >= 11 is 0. The molecule has 0 aromatic carbocycles. The summed E-state index contributed by atoms with van der Waals surface area (Å²) in [6.07, 6.45) is 2.59. The first kappa shape index (κ1) is 20.9. The van der Waals surface area contributed by atoms with Crippen LogP contribution in [0.4, 0.5) is 0 Å². The third-order valence-electron chi connectivity index (χ3n) is 3.56. The molecule has 0 amide bonds. The molecule has 0 aromatic rings. The predicted octanol–water partition coefficient (Wildman–Crippen LogP) is 2.21. The number of methoxy groups -OCH3 is 1. The van der Waals surface area contributed by atoms with E-state index in [1.165, 1.54) is 12.8 Å². The summed E-state index contributed by atoms with van der Waals surface area (Å²) in [6.45, 7) is 9.62. The molecule has 1 aliphatic rings. The highest BCUT2D eigenvalue weighted by Gasteiger charge is 2.25. The molecule has 1 unspecified atom stereocenters. The quantitative estimate of drug-likeness (QED) is 0.287. The molecule has 0 bridgehead atoms. The third kappa shape index (κ3) is 8.83. The fourth-order valence-corrected chi connectivity index (χ4v) is 2.70. The van der Waals surface area contributed by atoms with E-state index in [-0.39, 0.29) is 24.0 Å². The monoisotopic (exact) mass is 413 g/mol. The van der Waals surface area contributed by atoms with E-state index in [2.05, 4.69) is 29.1 Å². The minimum absolute atomic E-state index is 0. The summed E-state index contributed by atoms with van der Waals surface area (Å²) in [4.78, 5) is 6.73. The summed E-state index contributed by atoms with van der Waals surface area (Å²) < 4.78 is 10.4. The molecule has 6 heteroatoms. The maximum Gasteiger partial charge on any atom is 0.193 e. The van der Waals surface area contributed by atoms with Gasteiger partial charge in [0.2, 0.25) is 0 Å². The van der Waals surface area contributed by atoms with Gasteiger partial charge in [-0.2, -0.15) is 0 Å². The number of aliphatic imine (C=N–C) groups is 1. The van der Waals surface area contributed by atoms with E-state index in [1.807, 2.05) is 7.05 Å². The van der Waals surface area contributed by atoms with E-state index in [0.717, 1.165) is 37.4 Å². The molecule has 0 aliphatic carbocycles.